The van der Waals surface area contributed by atoms with Crippen LogP contribution >= 0.6 is 0 Å². The first-order valence-electron chi connectivity index (χ1n) is 13.3. The molecular formula is C30H40N4O2. The van der Waals surface area contributed by atoms with Crippen molar-refractivity contribution in [2.24, 2.45) is 0 Å². The fourth-order valence-electron chi connectivity index (χ4n) is 4.69. The lowest BCUT2D eigenvalue weighted by molar-refractivity contribution is 0.0821. The largest absolute Gasteiger partial charge is 0.493 e. The number of nitrogens with zero attached hydrogens (tertiary/aromatic N) is 2. The van der Waals surface area contributed by atoms with E-state index in [9.17, 15) is 4.79 Å². The van der Waals surface area contributed by atoms with Gasteiger partial charge in [-0.1, -0.05) is 13.0 Å². The van der Waals surface area contributed by atoms with Crippen LogP contribution in [-0.2, 0) is 0 Å². The van der Waals surface area contributed by atoms with Crippen LogP contribution in [0.15, 0.2) is 61.1 Å². The van der Waals surface area contributed by atoms with Crippen LogP contribution in [-0.4, -0.2) is 60.0 Å². The van der Waals surface area contributed by atoms with Crippen LogP contribution in [0.25, 0.3) is 22.0 Å². The van der Waals surface area contributed by atoms with Crippen molar-refractivity contribution in [3.63, 3.8) is 0 Å². The first-order valence-corrected chi connectivity index (χ1v) is 13.3. The van der Waals surface area contributed by atoms with E-state index in [2.05, 4.69) is 60.4 Å². The van der Waals surface area contributed by atoms with E-state index in [1.165, 1.54) is 12.8 Å². The van der Waals surface area contributed by atoms with Crippen molar-refractivity contribution in [1.29, 1.82) is 0 Å². The number of carbonyl (C=O) groups excluding carboxylic acids is 1. The standard InChI is InChI=1S/C30H40N4O2/c1-4-16-33(3)17-6-5-7-20-36-29-22-26(30(35)34-18-13-23(2)31-15-19-34)8-10-27(29)24-9-11-28-25(21-24)12-14-32-28/h8-12,14-15,19,21-23,31-32H,4-7,13,16-18,20H2,1-3H3/t23-/m0/s1. The summed E-state index contributed by atoms with van der Waals surface area (Å²) in [4.78, 5) is 20.7. The number of aromatic nitrogens is 1. The van der Waals surface area contributed by atoms with Crippen molar-refractivity contribution in [1.82, 2.24) is 20.1 Å². The second kappa shape index (κ2) is 12.6. The highest BCUT2D eigenvalue weighted by molar-refractivity contribution is 5.96. The molecule has 0 saturated heterocycles. The van der Waals surface area contributed by atoms with Crippen molar-refractivity contribution < 1.29 is 9.53 Å². The maximum Gasteiger partial charge on any atom is 0.257 e. The summed E-state index contributed by atoms with van der Waals surface area (Å²) in [5.74, 6) is 0.766. The highest BCUT2D eigenvalue weighted by atomic mass is 16.5. The van der Waals surface area contributed by atoms with E-state index in [4.69, 9.17) is 4.74 Å². The van der Waals surface area contributed by atoms with E-state index in [1.807, 2.05) is 36.8 Å². The zero-order valence-electron chi connectivity index (χ0n) is 21.9. The topological polar surface area (TPSA) is 60.6 Å². The molecule has 0 aliphatic carbocycles. The molecule has 2 N–H and O–H groups in total. The molecule has 0 radical (unpaired) electrons. The van der Waals surface area contributed by atoms with Crippen molar-refractivity contribution in [2.45, 2.75) is 52.0 Å². The van der Waals surface area contributed by atoms with Crippen molar-refractivity contribution >= 4 is 16.8 Å². The number of hydrogen-bond donors (Lipinski definition) is 2. The van der Waals surface area contributed by atoms with Crippen LogP contribution in [0.3, 0.4) is 0 Å². The second-order valence-electron chi connectivity index (χ2n) is 9.87. The molecule has 6 nitrogen and oxygen atoms in total. The Morgan fingerprint density at radius 1 is 1.11 bits per heavy atom. The monoisotopic (exact) mass is 488 g/mol. The molecule has 0 unspecified atom stereocenters. The number of fused-ring (bicyclic) bond motifs is 1. The van der Waals surface area contributed by atoms with Crippen LogP contribution in [0.4, 0.5) is 0 Å². The van der Waals surface area contributed by atoms with E-state index in [0.717, 1.165) is 60.1 Å². The average molecular weight is 489 g/mol. The Hall–Kier alpha value is -3.25. The molecule has 2 heterocycles. The number of carbonyl (C=O) groups is 1. The molecule has 0 spiro atoms. The minimum atomic E-state index is -0.00130. The summed E-state index contributed by atoms with van der Waals surface area (Å²) < 4.78 is 6.34. The number of amides is 1. The van der Waals surface area contributed by atoms with Crippen LogP contribution < -0.4 is 10.1 Å². The first kappa shape index (κ1) is 25.8. The van der Waals surface area contributed by atoms with Crippen molar-refractivity contribution in [3.05, 3.63) is 66.6 Å². The molecule has 4 rings (SSSR count). The number of aromatic amines is 1. The summed E-state index contributed by atoms with van der Waals surface area (Å²) in [5.41, 5.74) is 3.86. The van der Waals surface area contributed by atoms with Crippen LogP contribution in [0, 0.1) is 0 Å². The van der Waals surface area contributed by atoms with Gasteiger partial charge in [-0.3, -0.25) is 4.79 Å². The third-order valence-electron chi connectivity index (χ3n) is 6.84. The van der Waals surface area contributed by atoms with Crippen LogP contribution in [0.1, 0.15) is 56.3 Å². The Bertz CT molecular complexity index is 1170. The summed E-state index contributed by atoms with van der Waals surface area (Å²) in [6.07, 6.45) is 11.0. The SMILES string of the molecule is CCCN(C)CCCCCOc1cc(C(=O)N2C=CN[C@@H](C)CC2)ccc1-c1ccc2[nH]ccc2c1. The Kier molecular flexibility index (Phi) is 9.06. The predicted molar refractivity (Wildman–Crippen MR) is 148 cm³/mol. The summed E-state index contributed by atoms with van der Waals surface area (Å²) in [7, 11) is 2.19. The third-order valence-corrected chi connectivity index (χ3v) is 6.84. The van der Waals surface area contributed by atoms with E-state index in [-0.39, 0.29) is 5.91 Å². The lowest BCUT2D eigenvalue weighted by Gasteiger charge is -2.19. The normalized spacial score (nSPS) is 15.8. The molecule has 3 aromatic rings. The highest BCUT2D eigenvalue weighted by Crippen LogP contribution is 2.33. The van der Waals surface area contributed by atoms with Gasteiger partial charge >= 0.3 is 0 Å². The fourth-order valence-corrected chi connectivity index (χ4v) is 4.69. The highest BCUT2D eigenvalue weighted by Gasteiger charge is 2.19. The van der Waals surface area contributed by atoms with Gasteiger partial charge in [-0.2, -0.15) is 0 Å². The number of unbranched alkanes of at least 4 members (excludes halogenated alkanes) is 2. The van der Waals surface area contributed by atoms with E-state index >= 15 is 0 Å². The molecule has 192 valence electrons. The van der Waals surface area contributed by atoms with Crippen molar-refractivity contribution in [3.8, 4) is 16.9 Å². The summed E-state index contributed by atoms with van der Waals surface area (Å²) in [6.45, 7) is 7.94. The predicted octanol–water partition coefficient (Wildman–Crippen LogP) is 6.02. The Morgan fingerprint density at radius 3 is 2.86 bits per heavy atom. The van der Waals surface area contributed by atoms with Gasteiger partial charge in [-0.25, -0.2) is 0 Å². The molecule has 0 bridgehead atoms. The minimum absolute atomic E-state index is 0.00130. The zero-order valence-corrected chi connectivity index (χ0v) is 21.9. The van der Waals surface area contributed by atoms with E-state index in [0.29, 0.717) is 24.8 Å². The third kappa shape index (κ3) is 6.70. The van der Waals surface area contributed by atoms with Gasteiger partial charge in [0, 0.05) is 47.8 Å². The number of nitrogens with one attached hydrogen (secondary N) is 2. The van der Waals surface area contributed by atoms with Gasteiger partial charge < -0.3 is 24.8 Å². The molecule has 1 amide bonds. The van der Waals surface area contributed by atoms with Crippen LogP contribution in [0.5, 0.6) is 5.75 Å². The molecule has 1 aliphatic heterocycles. The summed E-state index contributed by atoms with van der Waals surface area (Å²) in [6, 6.07) is 14.7. The zero-order chi connectivity index (χ0) is 25.3. The molecule has 36 heavy (non-hydrogen) atoms. The molecule has 1 aromatic heterocycles. The number of ether oxygens (including phenoxy) is 1. The van der Waals surface area contributed by atoms with Gasteiger partial charge in [-0.15, -0.1) is 0 Å². The lowest BCUT2D eigenvalue weighted by atomic mass is 10.0. The molecule has 2 aromatic carbocycles. The molecule has 0 fully saturated rings. The lowest BCUT2D eigenvalue weighted by Crippen LogP contribution is -2.28. The summed E-state index contributed by atoms with van der Waals surface area (Å²) in [5, 5.41) is 4.45. The Balaban J connectivity index is 1.49. The summed E-state index contributed by atoms with van der Waals surface area (Å²) >= 11 is 0. The van der Waals surface area contributed by atoms with Gasteiger partial charge in [-0.05, 0) is 107 Å². The first-order chi connectivity index (χ1) is 17.5. The van der Waals surface area contributed by atoms with E-state index in [1.54, 1.807) is 4.90 Å². The number of rotatable bonds is 11. The molecular weight excluding hydrogens is 448 g/mol. The van der Waals surface area contributed by atoms with Gasteiger partial charge in [0.05, 0.1) is 6.61 Å². The molecule has 1 atom stereocenters. The van der Waals surface area contributed by atoms with Gasteiger partial charge in [0.15, 0.2) is 0 Å². The second-order valence-corrected chi connectivity index (χ2v) is 9.87. The van der Waals surface area contributed by atoms with E-state index < -0.39 is 0 Å². The quantitative estimate of drug-likeness (QED) is 0.324. The smallest absolute Gasteiger partial charge is 0.257 e. The van der Waals surface area contributed by atoms with Gasteiger partial charge in [0.25, 0.3) is 5.91 Å². The molecule has 0 saturated carbocycles. The molecule has 1 aliphatic rings. The maximum atomic E-state index is 13.3. The van der Waals surface area contributed by atoms with Gasteiger partial charge in [0.2, 0.25) is 0 Å². The number of benzene rings is 2. The van der Waals surface area contributed by atoms with Crippen LogP contribution in [0.2, 0.25) is 0 Å². The average Bonchev–Trinajstić information content (AvgIpc) is 3.25. The van der Waals surface area contributed by atoms with Gasteiger partial charge in [0.1, 0.15) is 5.75 Å². The molecule has 6 heteroatoms. The fraction of sp³-hybridized carbons (Fsp3) is 0.433. The number of H-pyrrole nitrogens is 1. The minimum Gasteiger partial charge on any atom is -0.493 e. The number of hydrogen-bond acceptors (Lipinski definition) is 4. The Morgan fingerprint density at radius 2 is 2.00 bits per heavy atom. The maximum absolute atomic E-state index is 13.3. The Labute approximate surface area is 215 Å². The van der Waals surface area contributed by atoms with Crippen molar-refractivity contribution in [2.75, 3.05) is 33.3 Å².